The molecule has 1 aromatic carbocycles. The number of carbonyl (C=O) groups excluding carboxylic acids is 1. The van der Waals surface area contributed by atoms with Crippen molar-refractivity contribution < 1.29 is 4.79 Å². The summed E-state index contributed by atoms with van der Waals surface area (Å²) in [7, 11) is 0. The molecule has 3 heterocycles. The van der Waals surface area contributed by atoms with E-state index >= 15 is 0 Å². The lowest BCUT2D eigenvalue weighted by Crippen LogP contribution is -2.41. The smallest absolute Gasteiger partial charge is 0.321 e. The molecule has 27 heavy (non-hydrogen) atoms. The maximum atomic E-state index is 12.5. The first-order valence-corrected chi connectivity index (χ1v) is 10.1. The number of hydrogen-bond donors (Lipinski definition) is 1. The minimum Gasteiger partial charge on any atom is -0.324 e. The van der Waals surface area contributed by atoms with E-state index in [2.05, 4.69) is 20.7 Å². The van der Waals surface area contributed by atoms with Gasteiger partial charge < -0.3 is 10.2 Å². The quantitative estimate of drug-likeness (QED) is 0.669. The number of thiophene rings is 1. The van der Waals surface area contributed by atoms with E-state index in [9.17, 15) is 4.79 Å². The predicted molar refractivity (Wildman–Crippen MR) is 106 cm³/mol. The van der Waals surface area contributed by atoms with E-state index in [1.807, 2.05) is 17.5 Å². The molecule has 0 bridgehead atoms. The highest BCUT2D eigenvalue weighted by atomic mass is 35.5. The van der Waals surface area contributed by atoms with Gasteiger partial charge in [-0.15, -0.1) is 21.5 Å². The number of urea groups is 1. The average molecular weight is 423 g/mol. The summed E-state index contributed by atoms with van der Waals surface area (Å²) in [6, 6.07) is 8.95. The molecule has 1 aliphatic heterocycles. The highest BCUT2D eigenvalue weighted by Gasteiger charge is 2.26. The number of nitrogens with zero attached hydrogens (tertiary/aromatic N) is 5. The topological polar surface area (TPSA) is 75.9 Å². The number of likely N-dealkylation sites (tertiary alicyclic amines) is 1. The van der Waals surface area contributed by atoms with Crippen molar-refractivity contribution >= 4 is 46.3 Å². The number of anilines is 1. The monoisotopic (exact) mass is 422 g/mol. The van der Waals surface area contributed by atoms with E-state index in [0.717, 1.165) is 17.7 Å². The summed E-state index contributed by atoms with van der Waals surface area (Å²) < 4.78 is 0. The number of hydrogen-bond acceptors (Lipinski definition) is 5. The number of amides is 2. The van der Waals surface area contributed by atoms with Crippen LogP contribution >= 0.6 is 34.5 Å². The highest BCUT2D eigenvalue weighted by Crippen LogP contribution is 2.27. The molecule has 7 nitrogen and oxygen atoms in total. The van der Waals surface area contributed by atoms with E-state index in [1.54, 1.807) is 39.2 Å². The van der Waals surface area contributed by atoms with Crippen molar-refractivity contribution in [3.8, 4) is 10.7 Å². The molecule has 2 amide bonds. The van der Waals surface area contributed by atoms with Gasteiger partial charge in [0.15, 0.2) is 0 Å². The van der Waals surface area contributed by atoms with Crippen LogP contribution in [0.3, 0.4) is 0 Å². The molecule has 4 rings (SSSR count). The molecular formula is C17H16Cl2N6OS. The van der Waals surface area contributed by atoms with Crippen LogP contribution in [0.25, 0.3) is 10.7 Å². The summed E-state index contributed by atoms with van der Waals surface area (Å²) >= 11 is 13.5. The molecule has 1 fully saturated rings. The van der Waals surface area contributed by atoms with Crippen molar-refractivity contribution in [1.82, 2.24) is 25.1 Å². The molecule has 0 atom stereocenters. The van der Waals surface area contributed by atoms with Gasteiger partial charge in [0.25, 0.3) is 0 Å². The Morgan fingerprint density at radius 1 is 1.19 bits per heavy atom. The van der Waals surface area contributed by atoms with Gasteiger partial charge in [0.05, 0.1) is 21.0 Å². The van der Waals surface area contributed by atoms with Crippen LogP contribution < -0.4 is 5.32 Å². The summed E-state index contributed by atoms with van der Waals surface area (Å²) in [4.78, 5) is 16.9. The van der Waals surface area contributed by atoms with E-state index in [-0.39, 0.29) is 12.1 Å². The summed E-state index contributed by atoms with van der Waals surface area (Å²) in [5.74, 6) is 0.643. The van der Waals surface area contributed by atoms with E-state index in [0.29, 0.717) is 34.6 Å². The first-order valence-electron chi connectivity index (χ1n) is 8.44. The number of nitrogens with one attached hydrogen (secondary N) is 1. The van der Waals surface area contributed by atoms with Gasteiger partial charge in [-0.1, -0.05) is 29.3 Å². The van der Waals surface area contributed by atoms with Crippen molar-refractivity contribution in [1.29, 1.82) is 0 Å². The fourth-order valence-corrected chi connectivity index (χ4v) is 3.91. The number of benzene rings is 1. The zero-order valence-corrected chi connectivity index (χ0v) is 16.5. The van der Waals surface area contributed by atoms with E-state index in [1.165, 1.54) is 0 Å². The van der Waals surface area contributed by atoms with Crippen LogP contribution in [0.5, 0.6) is 0 Å². The van der Waals surface area contributed by atoms with Crippen molar-refractivity contribution in [3.05, 3.63) is 45.8 Å². The number of aromatic nitrogens is 4. The fourth-order valence-electron chi connectivity index (χ4n) is 2.96. The molecule has 3 aromatic rings. The summed E-state index contributed by atoms with van der Waals surface area (Å²) in [5.41, 5.74) is 0.620. The Balaban J connectivity index is 1.34. The lowest BCUT2D eigenvalue weighted by Gasteiger charge is -2.31. The van der Waals surface area contributed by atoms with Gasteiger partial charge >= 0.3 is 6.03 Å². The fraction of sp³-hybridized carbons (Fsp3) is 0.294. The Hall–Kier alpha value is -2.16. The Kier molecular flexibility index (Phi) is 5.29. The van der Waals surface area contributed by atoms with Crippen molar-refractivity contribution in [3.63, 3.8) is 0 Å². The van der Waals surface area contributed by atoms with Crippen LogP contribution in [0, 0.1) is 0 Å². The largest absolute Gasteiger partial charge is 0.324 e. The molecule has 140 valence electrons. The number of halogens is 2. The van der Waals surface area contributed by atoms with Gasteiger partial charge in [-0.3, -0.25) is 0 Å². The maximum absolute atomic E-state index is 12.5. The van der Waals surface area contributed by atoms with Crippen LogP contribution in [0.4, 0.5) is 10.5 Å². The summed E-state index contributed by atoms with van der Waals surface area (Å²) in [6.07, 6.45) is 1.55. The third kappa shape index (κ3) is 4.07. The molecule has 0 spiro atoms. The van der Waals surface area contributed by atoms with Crippen LogP contribution in [-0.4, -0.2) is 44.2 Å². The van der Waals surface area contributed by atoms with Crippen LogP contribution in [0.1, 0.15) is 18.9 Å². The first kappa shape index (κ1) is 18.2. The second-order valence-electron chi connectivity index (χ2n) is 6.19. The molecular weight excluding hydrogens is 407 g/mol. The molecule has 0 saturated carbocycles. The van der Waals surface area contributed by atoms with Gasteiger partial charge in [-0.2, -0.15) is 4.80 Å². The van der Waals surface area contributed by atoms with E-state index in [4.69, 9.17) is 23.2 Å². The van der Waals surface area contributed by atoms with Gasteiger partial charge in [-0.05, 0) is 47.7 Å². The highest BCUT2D eigenvalue weighted by molar-refractivity contribution is 7.13. The lowest BCUT2D eigenvalue weighted by molar-refractivity contribution is 0.175. The van der Waals surface area contributed by atoms with Crippen LogP contribution in [0.15, 0.2) is 35.7 Å². The minimum atomic E-state index is -0.155. The number of carbonyl (C=O) groups is 1. The predicted octanol–water partition coefficient (Wildman–Crippen LogP) is 4.58. The summed E-state index contributed by atoms with van der Waals surface area (Å²) in [5, 5.41) is 18.5. The molecule has 1 aliphatic rings. The third-order valence-corrected chi connectivity index (χ3v) is 6.02. The SMILES string of the molecule is O=C(Nc1ccc(Cl)c(Cl)c1)N1CCC(n2nnc(-c3cccs3)n2)CC1. The van der Waals surface area contributed by atoms with Crippen molar-refractivity contribution in [2.45, 2.75) is 18.9 Å². The molecule has 1 N–H and O–H groups in total. The molecule has 0 radical (unpaired) electrons. The number of rotatable bonds is 3. The van der Waals surface area contributed by atoms with Gasteiger partial charge in [0, 0.05) is 18.8 Å². The normalized spacial score (nSPS) is 15.1. The lowest BCUT2D eigenvalue weighted by atomic mass is 10.1. The molecule has 0 aliphatic carbocycles. The van der Waals surface area contributed by atoms with Crippen molar-refractivity contribution in [2.24, 2.45) is 0 Å². The third-order valence-electron chi connectivity index (χ3n) is 4.42. The molecule has 1 saturated heterocycles. The van der Waals surface area contributed by atoms with Crippen LogP contribution in [-0.2, 0) is 0 Å². The number of piperidine rings is 1. The van der Waals surface area contributed by atoms with Gasteiger partial charge in [0.1, 0.15) is 0 Å². The van der Waals surface area contributed by atoms with E-state index < -0.39 is 0 Å². The molecule has 2 aromatic heterocycles. The van der Waals surface area contributed by atoms with Crippen molar-refractivity contribution in [2.75, 3.05) is 18.4 Å². The van der Waals surface area contributed by atoms with Crippen LogP contribution in [0.2, 0.25) is 10.0 Å². The van der Waals surface area contributed by atoms with Gasteiger partial charge in [-0.25, -0.2) is 4.79 Å². The first-order chi connectivity index (χ1) is 13.1. The average Bonchev–Trinajstić information content (AvgIpc) is 3.36. The zero-order chi connectivity index (χ0) is 18.8. The minimum absolute atomic E-state index is 0.139. The summed E-state index contributed by atoms with van der Waals surface area (Å²) in [6.45, 7) is 1.24. The molecule has 0 unspecified atom stereocenters. The van der Waals surface area contributed by atoms with Gasteiger partial charge in [0.2, 0.25) is 5.82 Å². The zero-order valence-electron chi connectivity index (χ0n) is 14.2. The second-order valence-corrected chi connectivity index (χ2v) is 7.95. The standard InChI is InChI=1S/C17H16Cl2N6OS/c18-13-4-3-11(10-14(13)19)20-17(26)24-7-5-12(6-8-24)25-22-16(21-23-25)15-2-1-9-27-15/h1-4,9-10,12H,5-8H2,(H,20,26). The Labute approximate surface area is 169 Å². The Morgan fingerprint density at radius 3 is 2.70 bits per heavy atom. The Bertz CT molecular complexity index is 937. The number of tetrazole rings is 1. The Morgan fingerprint density at radius 2 is 2.00 bits per heavy atom. The maximum Gasteiger partial charge on any atom is 0.321 e. The second kappa shape index (κ2) is 7.84. The molecule has 10 heteroatoms.